The number of alkyl halides is 3. The van der Waals surface area contributed by atoms with Gasteiger partial charge in [-0.2, -0.15) is 13.2 Å². The Labute approximate surface area is 177 Å². The predicted molar refractivity (Wildman–Crippen MR) is 103 cm³/mol. The number of imide groups is 1. The third kappa shape index (κ3) is 4.60. The van der Waals surface area contributed by atoms with Crippen molar-refractivity contribution in [2.75, 3.05) is 25.6 Å². The zero-order valence-corrected chi connectivity index (χ0v) is 17.2. The van der Waals surface area contributed by atoms with E-state index in [4.69, 9.17) is 9.47 Å². The molecule has 1 atom stereocenters. The largest absolute Gasteiger partial charge is 0.489 e. The molecule has 1 saturated carbocycles. The molecule has 8 nitrogen and oxygen atoms in total. The Balaban J connectivity index is 1.80. The first-order valence-corrected chi connectivity index (χ1v) is 9.89. The van der Waals surface area contributed by atoms with Gasteiger partial charge in [-0.3, -0.25) is 9.59 Å². The number of halogens is 3. The summed E-state index contributed by atoms with van der Waals surface area (Å²) in [5, 5.41) is 5.04. The predicted octanol–water partition coefficient (Wildman–Crippen LogP) is 2.92. The summed E-state index contributed by atoms with van der Waals surface area (Å²) in [6, 6.07) is 0.767. The highest BCUT2D eigenvalue weighted by atomic mass is 19.4. The molecule has 1 spiro atoms. The minimum absolute atomic E-state index is 0.00932. The van der Waals surface area contributed by atoms with Crippen LogP contribution in [0.2, 0.25) is 0 Å². The van der Waals surface area contributed by atoms with Crippen LogP contribution in [-0.2, 0) is 20.5 Å². The molecular weight excluding hydrogens is 419 g/mol. The van der Waals surface area contributed by atoms with E-state index in [0.29, 0.717) is 12.8 Å². The lowest BCUT2D eigenvalue weighted by molar-refractivity contribution is -0.137. The van der Waals surface area contributed by atoms with E-state index in [1.165, 1.54) is 14.0 Å². The van der Waals surface area contributed by atoms with Gasteiger partial charge in [0, 0.05) is 7.11 Å². The van der Waals surface area contributed by atoms with Crippen molar-refractivity contribution in [3.63, 3.8) is 0 Å². The Bertz CT molecular complexity index is 868. The summed E-state index contributed by atoms with van der Waals surface area (Å²) in [6.45, 7) is 1.59. The number of carbonyl (C=O) groups is 3. The first kappa shape index (κ1) is 22.9. The Morgan fingerprint density at radius 1 is 1.26 bits per heavy atom. The molecule has 1 saturated heterocycles. The summed E-state index contributed by atoms with van der Waals surface area (Å²) in [5.41, 5.74) is -2.18. The number of amides is 4. The Kier molecular flexibility index (Phi) is 6.44. The first-order valence-electron chi connectivity index (χ1n) is 9.89. The van der Waals surface area contributed by atoms with Crippen LogP contribution in [0.4, 0.5) is 23.7 Å². The number of hydrogen-bond donors (Lipinski definition) is 2. The van der Waals surface area contributed by atoms with Crippen molar-refractivity contribution >= 4 is 23.5 Å². The quantitative estimate of drug-likeness (QED) is 0.499. The molecule has 1 aromatic rings. The normalized spacial score (nSPS) is 18.9. The van der Waals surface area contributed by atoms with E-state index in [-0.39, 0.29) is 24.7 Å². The molecule has 1 aromatic carbocycles. The minimum Gasteiger partial charge on any atom is -0.489 e. The van der Waals surface area contributed by atoms with Crippen LogP contribution in [0, 0.1) is 0 Å². The Morgan fingerprint density at radius 3 is 2.55 bits per heavy atom. The van der Waals surface area contributed by atoms with Gasteiger partial charge in [-0.05, 0) is 38.0 Å². The van der Waals surface area contributed by atoms with E-state index < -0.39 is 41.2 Å². The number of nitrogens with zero attached hydrogens (tertiary/aromatic N) is 1. The zero-order chi connectivity index (χ0) is 22.8. The molecule has 3 rings (SSSR count). The number of urea groups is 1. The highest BCUT2D eigenvalue weighted by Gasteiger charge is 2.54. The maximum absolute atomic E-state index is 13.1. The number of anilines is 1. The molecule has 1 heterocycles. The molecule has 4 amide bonds. The second-order valence-electron chi connectivity index (χ2n) is 7.61. The molecule has 2 N–H and O–H groups in total. The van der Waals surface area contributed by atoms with E-state index in [0.717, 1.165) is 35.9 Å². The smallest absolute Gasteiger partial charge is 0.416 e. The van der Waals surface area contributed by atoms with Gasteiger partial charge < -0.3 is 20.1 Å². The summed E-state index contributed by atoms with van der Waals surface area (Å²) >= 11 is 0. The molecule has 2 fully saturated rings. The fourth-order valence-corrected chi connectivity index (χ4v) is 3.83. The van der Waals surface area contributed by atoms with Crippen LogP contribution < -0.4 is 15.4 Å². The SMILES string of the molecule is COCCOc1ccc(C(F)(F)F)cc1NC(=O)C(C)N1C(=O)NC2(CCCC2)C1=O. The summed E-state index contributed by atoms with van der Waals surface area (Å²) in [6.07, 6.45) is -2.07. The number of hydrogen-bond acceptors (Lipinski definition) is 5. The van der Waals surface area contributed by atoms with Crippen LogP contribution in [0.5, 0.6) is 5.75 Å². The Morgan fingerprint density at radius 2 is 1.94 bits per heavy atom. The van der Waals surface area contributed by atoms with Gasteiger partial charge in [0.15, 0.2) is 0 Å². The standard InChI is InChI=1S/C20H24F3N3O5/c1-12(26-17(28)19(25-18(26)29)7-3-4-8-19)16(27)24-14-11-13(20(21,22)23)5-6-15(14)31-10-9-30-2/h5-6,11-12H,3-4,7-10H2,1-2H3,(H,24,27)(H,25,29). The van der Waals surface area contributed by atoms with Gasteiger partial charge >= 0.3 is 12.2 Å². The van der Waals surface area contributed by atoms with Crippen molar-refractivity contribution in [1.29, 1.82) is 0 Å². The highest BCUT2D eigenvalue weighted by Crippen LogP contribution is 2.37. The monoisotopic (exact) mass is 443 g/mol. The van der Waals surface area contributed by atoms with E-state index in [1.807, 2.05) is 0 Å². The lowest BCUT2D eigenvalue weighted by Crippen LogP contribution is -2.48. The van der Waals surface area contributed by atoms with Crippen molar-refractivity contribution < 1.29 is 37.0 Å². The average molecular weight is 443 g/mol. The van der Waals surface area contributed by atoms with Gasteiger partial charge in [0.1, 0.15) is 23.9 Å². The van der Waals surface area contributed by atoms with Crippen LogP contribution in [-0.4, -0.2) is 54.6 Å². The van der Waals surface area contributed by atoms with Crippen LogP contribution >= 0.6 is 0 Å². The molecule has 31 heavy (non-hydrogen) atoms. The van der Waals surface area contributed by atoms with E-state index >= 15 is 0 Å². The molecule has 0 bridgehead atoms. The third-order valence-corrected chi connectivity index (χ3v) is 5.53. The lowest BCUT2D eigenvalue weighted by Gasteiger charge is -2.24. The maximum atomic E-state index is 13.1. The number of methoxy groups -OCH3 is 1. The molecule has 0 aromatic heterocycles. The average Bonchev–Trinajstić information content (AvgIpc) is 3.26. The number of benzene rings is 1. The van der Waals surface area contributed by atoms with E-state index in [9.17, 15) is 27.6 Å². The highest BCUT2D eigenvalue weighted by molar-refractivity contribution is 6.11. The lowest BCUT2D eigenvalue weighted by atomic mass is 9.97. The molecule has 11 heteroatoms. The summed E-state index contributed by atoms with van der Waals surface area (Å²) < 4.78 is 49.7. The van der Waals surface area contributed by atoms with E-state index in [2.05, 4.69) is 10.6 Å². The molecule has 0 radical (unpaired) electrons. The molecule has 170 valence electrons. The summed E-state index contributed by atoms with van der Waals surface area (Å²) in [7, 11) is 1.44. The molecular formula is C20H24F3N3O5. The Hall–Kier alpha value is -2.82. The van der Waals surface area contributed by atoms with Gasteiger partial charge in [0.2, 0.25) is 5.91 Å². The minimum atomic E-state index is -4.63. The van der Waals surface area contributed by atoms with E-state index in [1.54, 1.807) is 0 Å². The van der Waals surface area contributed by atoms with Gasteiger partial charge in [-0.25, -0.2) is 9.69 Å². The molecule has 1 unspecified atom stereocenters. The van der Waals surface area contributed by atoms with Crippen LogP contribution in [0.15, 0.2) is 18.2 Å². The number of ether oxygens (including phenoxy) is 2. The summed E-state index contributed by atoms with van der Waals surface area (Å²) in [5.74, 6) is -1.29. The number of nitrogens with one attached hydrogen (secondary N) is 2. The van der Waals surface area contributed by atoms with Gasteiger partial charge in [-0.1, -0.05) is 12.8 Å². The van der Waals surface area contributed by atoms with Crippen molar-refractivity contribution in [3.8, 4) is 5.75 Å². The zero-order valence-electron chi connectivity index (χ0n) is 17.2. The summed E-state index contributed by atoms with van der Waals surface area (Å²) in [4.78, 5) is 38.9. The van der Waals surface area contributed by atoms with Gasteiger partial charge in [-0.15, -0.1) is 0 Å². The second-order valence-corrected chi connectivity index (χ2v) is 7.61. The van der Waals surface area contributed by atoms with Crippen molar-refractivity contribution in [3.05, 3.63) is 23.8 Å². The fraction of sp³-hybridized carbons (Fsp3) is 0.550. The van der Waals surface area contributed by atoms with Crippen molar-refractivity contribution in [1.82, 2.24) is 10.2 Å². The van der Waals surface area contributed by atoms with Gasteiger partial charge in [0.25, 0.3) is 5.91 Å². The van der Waals surface area contributed by atoms with Crippen molar-refractivity contribution in [2.24, 2.45) is 0 Å². The van der Waals surface area contributed by atoms with Crippen LogP contribution in [0.1, 0.15) is 38.2 Å². The molecule has 1 aliphatic heterocycles. The van der Waals surface area contributed by atoms with Crippen molar-refractivity contribution in [2.45, 2.75) is 50.4 Å². The first-order chi connectivity index (χ1) is 14.6. The molecule has 1 aliphatic carbocycles. The fourth-order valence-electron chi connectivity index (χ4n) is 3.83. The van der Waals surface area contributed by atoms with Crippen LogP contribution in [0.3, 0.4) is 0 Å². The topological polar surface area (TPSA) is 97.0 Å². The van der Waals surface area contributed by atoms with Crippen LogP contribution in [0.25, 0.3) is 0 Å². The number of carbonyl (C=O) groups excluding carboxylic acids is 3. The third-order valence-electron chi connectivity index (χ3n) is 5.53. The second kappa shape index (κ2) is 8.74. The number of rotatable bonds is 7. The maximum Gasteiger partial charge on any atom is 0.416 e. The molecule has 2 aliphatic rings. The van der Waals surface area contributed by atoms with Gasteiger partial charge in [0.05, 0.1) is 17.9 Å².